The minimum Gasteiger partial charge on any atom is -0.361 e. The van der Waals surface area contributed by atoms with Gasteiger partial charge in [0.2, 0.25) is 10.0 Å². The normalized spacial score (nSPS) is 15.1. The summed E-state index contributed by atoms with van der Waals surface area (Å²) in [6.45, 7) is 6.97. The monoisotopic (exact) mass is 485 g/mol. The predicted octanol–water partition coefficient (Wildman–Crippen LogP) is 4.04. The van der Waals surface area contributed by atoms with E-state index in [4.69, 9.17) is 4.52 Å². The Kier molecular flexibility index (Phi) is 6.92. The van der Waals surface area contributed by atoms with Gasteiger partial charge in [-0.15, -0.1) is 11.8 Å². The summed E-state index contributed by atoms with van der Waals surface area (Å²) in [7, 11) is -3.57. The van der Waals surface area contributed by atoms with Crippen LogP contribution in [0.15, 0.2) is 62.8 Å². The van der Waals surface area contributed by atoms with Gasteiger partial charge < -0.3 is 9.42 Å². The Morgan fingerprint density at radius 2 is 1.67 bits per heavy atom. The number of thioether (sulfide) groups is 1. The van der Waals surface area contributed by atoms with Crippen molar-refractivity contribution in [1.82, 2.24) is 14.4 Å². The number of aromatic nitrogens is 1. The second-order valence-electron chi connectivity index (χ2n) is 8.10. The van der Waals surface area contributed by atoms with Crippen molar-refractivity contribution in [2.75, 3.05) is 26.2 Å². The first-order chi connectivity index (χ1) is 15.8. The van der Waals surface area contributed by atoms with Gasteiger partial charge in [-0.2, -0.15) is 4.31 Å². The van der Waals surface area contributed by atoms with E-state index in [-0.39, 0.29) is 23.9 Å². The number of piperazine rings is 1. The summed E-state index contributed by atoms with van der Waals surface area (Å²) in [5, 5.41) is 4.00. The molecule has 0 spiro atoms. The average molecular weight is 486 g/mol. The molecule has 4 rings (SSSR count). The van der Waals surface area contributed by atoms with Gasteiger partial charge in [-0.1, -0.05) is 35.0 Å². The third-order valence-electron chi connectivity index (χ3n) is 5.86. The van der Waals surface area contributed by atoms with E-state index in [0.717, 1.165) is 27.5 Å². The number of carbonyl (C=O) groups is 1. The Balaban J connectivity index is 1.43. The lowest BCUT2D eigenvalue weighted by Crippen LogP contribution is -2.50. The zero-order chi connectivity index (χ0) is 23.6. The van der Waals surface area contributed by atoms with Crippen molar-refractivity contribution in [3.05, 3.63) is 76.7 Å². The van der Waals surface area contributed by atoms with E-state index in [2.05, 4.69) is 5.16 Å². The Bertz CT molecular complexity index is 1230. The van der Waals surface area contributed by atoms with Crippen LogP contribution in [0, 0.1) is 20.8 Å². The molecule has 0 bridgehead atoms. The largest absolute Gasteiger partial charge is 0.361 e. The van der Waals surface area contributed by atoms with Crippen LogP contribution in [-0.2, 0) is 15.8 Å². The van der Waals surface area contributed by atoms with E-state index in [1.165, 1.54) is 4.31 Å². The lowest BCUT2D eigenvalue weighted by molar-refractivity contribution is 0.0694. The summed E-state index contributed by atoms with van der Waals surface area (Å²) in [5.74, 6) is 1.37. The summed E-state index contributed by atoms with van der Waals surface area (Å²) in [5.41, 5.74) is 3.53. The molecule has 0 radical (unpaired) electrons. The van der Waals surface area contributed by atoms with Crippen LogP contribution in [0.1, 0.15) is 32.9 Å². The van der Waals surface area contributed by atoms with Gasteiger partial charge in [0.1, 0.15) is 5.76 Å². The standard InChI is InChI=1S/C24H27N3O4S2/c1-17-8-10-20(11-9-17)33(29,30)27-14-12-26(13-15-27)24(28)21-6-4-5-7-23(21)32-16-22-18(2)25-31-19(22)3/h4-11H,12-16H2,1-3H3. The molecule has 3 aromatic rings. The molecule has 1 aromatic heterocycles. The van der Waals surface area contributed by atoms with Crippen LogP contribution < -0.4 is 0 Å². The maximum Gasteiger partial charge on any atom is 0.255 e. The van der Waals surface area contributed by atoms with Crippen molar-refractivity contribution >= 4 is 27.7 Å². The third kappa shape index (κ3) is 5.00. The van der Waals surface area contributed by atoms with Crippen LogP contribution in [-0.4, -0.2) is 54.9 Å². The molecule has 33 heavy (non-hydrogen) atoms. The van der Waals surface area contributed by atoms with Gasteiger partial charge in [0.05, 0.1) is 16.2 Å². The minimum atomic E-state index is -3.57. The molecule has 1 fully saturated rings. The first-order valence-corrected chi connectivity index (χ1v) is 13.2. The van der Waals surface area contributed by atoms with E-state index < -0.39 is 10.0 Å². The molecule has 1 amide bonds. The molecule has 2 heterocycles. The van der Waals surface area contributed by atoms with Crippen molar-refractivity contribution in [1.29, 1.82) is 0 Å². The maximum atomic E-state index is 13.3. The van der Waals surface area contributed by atoms with Crippen molar-refractivity contribution < 1.29 is 17.7 Å². The molecular formula is C24H27N3O4S2. The van der Waals surface area contributed by atoms with Crippen LogP contribution >= 0.6 is 11.8 Å². The first kappa shape index (κ1) is 23.5. The number of carbonyl (C=O) groups excluding carboxylic acids is 1. The van der Waals surface area contributed by atoms with Crippen molar-refractivity contribution in [3.63, 3.8) is 0 Å². The van der Waals surface area contributed by atoms with Crippen LogP contribution in [0.5, 0.6) is 0 Å². The highest BCUT2D eigenvalue weighted by Crippen LogP contribution is 2.30. The number of benzene rings is 2. The third-order valence-corrected chi connectivity index (χ3v) is 8.87. The highest BCUT2D eigenvalue weighted by Gasteiger charge is 2.31. The number of hydrogen-bond acceptors (Lipinski definition) is 6. The minimum absolute atomic E-state index is 0.0794. The Hall–Kier alpha value is -2.62. The van der Waals surface area contributed by atoms with E-state index in [0.29, 0.717) is 24.4 Å². The zero-order valence-corrected chi connectivity index (χ0v) is 20.6. The molecule has 174 valence electrons. The number of amides is 1. The Morgan fingerprint density at radius 1 is 1.00 bits per heavy atom. The van der Waals surface area contributed by atoms with Crippen molar-refractivity contribution in [2.45, 2.75) is 36.3 Å². The molecule has 0 saturated carbocycles. The van der Waals surface area contributed by atoms with E-state index in [1.54, 1.807) is 40.9 Å². The molecular weight excluding hydrogens is 458 g/mol. The first-order valence-electron chi connectivity index (χ1n) is 10.8. The number of hydrogen-bond donors (Lipinski definition) is 0. The van der Waals surface area contributed by atoms with E-state index >= 15 is 0 Å². The second kappa shape index (κ2) is 9.70. The summed E-state index contributed by atoms with van der Waals surface area (Å²) in [4.78, 5) is 16.2. The second-order valence-corrected chi connectivity index (χ2v) is 11.1. The molecule has 0 aliphatic carbocycles. The van der Waals surface area contributed by atoms with Gasteiger partial charge >= 0.3 is 0 Å². The molecule has 1 aliphatic heterocycles. The zero-order valence-electron chi connectivity index (χ0n) is 18.9. The SMILES string of the molecule is Cc1ccc(S(=O)(=O)N2CCN(C(=O)c3ccccc3SCc3c(C)noc3C)CC2)cc1. The molecule has 9 heteroatoms. The topological polar surface area (TPSA) is 83.7 Å². The smallest absolute Gasteiger partial charge is 0.255 e. The predicted molar refractivity (Wildman–Crippen MR) is 128 cm³/mol. The van der Waals surface area contributed by atoms with Gasteiger partial charge in [0, 0.05) is 42.4 Å². The molecule has 0 N–H and O–H groups in total. The Morgan fingerprint density at radius 3 is 2.30 bits per heavy atom. The summed E-state index contributed by atoms with van der Waals surface area (Å²) >= 11 is 1.57. The molecule has 7 nitrogen and oxygen atoms in total. The molecule has 1 aliphatic rings. The molecule has 2 aromatic carbocycles. The van der Waals surface area contributed by atoms with Gasteiger partial charge in [0.15, 0.2) is 0 Å². The van der Waals surface area contributed by atoms with Crippen LogP contribution in [0.25, 0.3) is 0 Å². The number of sulfonamides is 1. The number of aryl methyl sites for hydroxylation is 3. The van der Waals surface area contributed by atoms with E-state index in [1.807, 2.05) is 45.0 Å². The fourth-order valence-electron chi connectivity index (χ4n) is 3.79. The lowest BCUT2D eigenvalue weighted by Gasteiger charge is -2.34. The lowest BCUT2D eigenvalue weighted by atomic mass is 10.2. The van der Waals surface area contributed by atoms with Crippen molar-refractivity contribution in [2.24, 2.45) is 0 Å². The Labute approximate surface area is 198 Å². The number of nitrogens with zero attached hydrogens (tertiary/aromatic N) is 3. The molecule has 0 unspecified atom stereocenters. The average Bonchev–Trinajstić information content (AvgIpc) is 3.15. The molecule has 1 saturated heterocycles. The van der Waals surface area contributed by atoms with Gasteiger partial charge in [-0.05, 0) is 45.0 Å². The highest BCUT2D eigenvalue weighted by atomic mass is 32.2. The number of rotatable bonds is 6. The maximum absolute atomic E-state index is 13.3. The summed E-state index contributed by atoms with van der Waals surface area (Å²) < 4.78 is 32.6. The van der Waals surface area contributed by atoms with Gasteiger partial charge in [-0.25, -0.2) is 8.42 Å². The fourth-order valence-corrected chi connectivity index (χ4v) is 6.41. The van der Waals surface area contributed by atoms with Crippen molar-refractivity contribution in [3.8, 4) is 0 Å². The van der Waals surface area contributed by atoms with Crippen LogP contribution in [0.2, 0.25) is 0 Å². The fraction of sp³-hybridized carbons (Fsp3) is 0.333. The van der Waals surface area contributed by atoms with Crippen LogP contribution in [0.3, 0.4) is 0 Å². The van der Waals surface area contributed by atoms with Gasteiger partial charge in [0.25, 0.3) is 5.91 Å². The molecule has 0 atom stereocenters. The van der Waals surface area contributed by atoms with Gasteiger partial charge in [-0.3, -0.25) is 4.79 Å². The summed E-state index contributed by atoms with van der Waals surface area (Å²) in [6, 6.07) is 14.4. The summed E-state index contributed by atoms with van der Waals surface area (Å²) in [6.07, 6.45) is 0. The van der Waals surface area contributed by atoms with Crippen LogP contribution in [0.4, 0.5) is 0 Å². The highest BCUT2D eigenvalue weighted by molar-refractivity contribution is 7.98. The van der Waals surface area contributed by atoms with E-state index in [9.17, 15) is 13.2 Å². The quantitative estimate of drug-likeness (QED) is 0.490.